The lowest BCUT2D eigenvalue weighted by Crippen LogP contribution is -2.44. The molecule has 1 rings (SSSR count). The lowest BCUT2D eigenvalue weighted by Gasteiger charge is -2.32. The number of nitrogens with zero attached hydrogens (tertiary/aromatic N) is 1. The quantitative estimate of drug-likeness (QED) is 0.783. The van der Waals surface area contributed by atoms with Crippen LogP contribution >= 0.6 is 0 Å². The van der Waals surface area contributed by atoms with Crippen LogP contribution in [0.5, 0.6) is 0 Å². The molecule has 4 nitrogen and oxygen atoms in total. The molecule has 0 heterocycles. The molecule has 2 unspecified atom stereocenters. The van der Waals surface area contributed by atoms with E-state index >= 15 is 0 Å². The van der Waals surface area contributed by atoms with Gasteiger partial charge in [-0.2, -0.15) is 0 Å². The third kappa shape index (κ3) is 4.94. The van der Waals surface area contributed by atoms with Crippen LogP contribution in [0.3, 0.4) is 0 Å². The normalized spacial score (nSPS) is 24.9. The Labute approximate surface area is 111 Å². The number of amides is 1. The maximum absolute atomic E-state index is 12.2. The Morgan fingerprint density at radius 1 is 1.39 bits per heavy atom. The van der Waals surface area contributed by atoms with Crippen LogP contribution < -0.4 is 5.73 Å². The van der Waals surface area contributed by atoms with E-state index in [9.17, 15) is 9.90 Å². The number of nitrogens with two attached hydrogens (primary N) is 1. The van der Waals surface area contributed by atoms with Crippen LogP contribution in [0.25, 0.3) is 0 Å². The molecule has 0 bridgehead atoms. The summed E-state index contributed by atoms with van der Waals surface area (Å²) in [5.74, 6) is 0.448. The highest BCUT2D eigenvalue weighted by molar-refractivity contribution is 5.76. The molecule has 18 heavy (non-hydrogen) atoms. The zero-order valence-corrected chi connectivity index (χ0v) is 12.0. The molecule has 1 amide bonds. The number of hydrogen-bond acceptors (Lipinski definition) is 3. The minimum absolute atomic E-state index is 0.127. The maximum Gasteiger partial charge on any atom is 0.222 e. The smallest absolute Gasteiger partial charge is 0.222 e. The van der Waals surface area contributed by atoms with Crippen molar-refractivity contribution in [2.24, 2.45) is 11.7 Å². The standard InChI is InChI=1S/C14H28N2O2/c1-4-16(10-14(2,3)18)13(17)9-11-7-5-6-8-12(11)15/h11-12,18H,4-10,15H2,1-3H3. The summed E-state index contributed by atoms with van der Waals surface area (Å²) in [7, 11) is 0. The molecule has 0 spiro atoms. The second-order valence-corrected chi connectivity index (χ2v) is 6.13. The number of likely N-dealkylation sites (N-methyl/N-ethyl adjacent to an activating group) is 1. The summed E-state index contributed by atoms with van der Waals surface area (Å²) in [6, 6.07) is 0.170. The molecular weight excluding hydrogens is 228 g/mol. The molecule has 1 saturated carbocycles. The van der Waals surface area contributed by atoms with Crippen LogP contribution in [-0.2, 0) is 4.79 Å². The molecule has 1 aliphatic rings. The van der Waals surface area contributed by atoms with Crippen molar-refractivity contribution in [1.82, 2.24) is 4.90 Å². The van der Waals surface area contributed by atoms with Gasteiger partial charge in [0, 0.05) is 25.6 Å². The van der Waals surface area contributed by atoms with Gasteiger partial charge in [-0.25, -0.2) is 0 Å². The zero-order chi connectivity index (χ0) is 13.8. The number of carbonyl (C=O) groups excluding carboxylic acids is 1. The van der Waals surface area contributed by atoms with Gasteiger partial charge in [-0.15, -0.1) is 0 Å². The molecule has 0 aromatic carbocycles. The molecular formula is C14H28N2O2. The number of hydrogen-bond donors (Lipinski definition) is 2. The monoisotopic (exact) mass is 256 g/mol. The molecule has 2 atom stereocenters. The highest BCUT2D eigenvalue weighted by Crippen LogP contribution is 2.26. The van der Waals surface area contributed by atoms with Gasteiger partial charge < -0.3 is 15.7 Å². The first-order chi connectivity index (χ1) is 8.33. The van der Waals surface area contributed by atoms with E-state index in [4.69, 9.17) is 5.73 Å². The van der Waals surface area contributed by atoms with Crippen molar-refractivity contribution < 1.29 is 9.90 Å². The van der Waals surface area contributed by atoms with Crippen LogP contribution in [0.15, 0.2) is 0 Å². The Morgan fingerprint density at radius 3 is 2.50 bits per heavy atom. The van der Waals surface area contributed by atoms with Gasteiger partial charge in [-0.05, 0) is 39.5 Å². The van der Waals surface area contributed by atoms with E-state index < -0.39 is 5.60 Å². The van der Waals surface area contributed by atoms with Gasteiger partial charge in [0.25, 0.3) is 0 Å². The molecule has 0 radical (unpaired) electrons. The lowest BCUT2D eigenvalue weighted by molar-refractivity contribution is -0.135. The van der Waals surface area contributed by atoms with Crippen LogP contribution in [0.4, 0.5) is 0 Å². The summed E-state index contributed by atoms with van der Waals surface area (Å²) in [6.07, 6.45) is 5.00. The summed E-state index contributed by atoms with van der Waals surface area (Å²) in [5.41, 5.74) is 5.24. The minimum atomic E-state index is -0.833. The van der Waals surface area contributed by atoms with E-state index in [1.807, 2.05) is 6.92 Å². The van der Waals surface area contributed by atoms with Crippen LogP contribution in [-0.4, -0.2) is 40.6 Å². The van der Waals surface area contributed by atoms with Gasteiger partial charge >= 0.3 is 0 Å². The summed E-state index contributed by atoms with van der Waals surface area (Å²) in [4.78, 5) is 14.0. The summed E-state index contributed by atoms with van der Waals surface area (Å²) < 4.78 is 0. The van der Waals surface area contributed by atoms with Crippen molar-refractivity contribution in [3.05, 3.63) is 0 Å². The average Bonchev–Trinajstić information content (AvgIpc) is 2.27. The highest BCUT2D eigenvalue weighted by Gasteiger charge is 2.27. The van der Waals surface area contributed by atoms with Gasteiger partial charge in [0.1, 0.15) is 0 Å². The number of aliphatic hydroxyl groups is 1. The van der Waals surface area contributed by atoms with Crippen molar-refractivity contribution in [1.29, 1.82) is 0 Å². The fraction of sp³-hybridized carbons (Fsp3) is 0.929. The van der Waals surface area contributed by atoms with Gasteiger partial charge in [0.15, 0.2) is 0 Å². The third-order valence-corrected chi connectivity index (χ3v) is 3.72. The van der Waals surface area contributed by atoms with Crippen molar-refractivity contribution in [2.75, 3.05) is 13.1 Å². The van der Waals surface area contributed by atoms with E-state index in [0.29, 0.717) is 25.4 Å². The predicted octanol–water partition coefficient (Wildman–Crippen LogP) is 1.51. The molecule has 0 aromatic heterocycles. The first-order valence-corrected chi connectivity index (χ1v) is 7.09. The van der Waals surface area contributed by atoms with Crippen LogP contribution in [0, 0.1) is 5.92 Å². The van der Waals surface area contributed by atoms with Gasteiger partial charge in [0.05, 0.1) is 5.60 Å². The molecule has 0 aromatic rings. The Balaban J connectivity index is 2.51. The zero-order valence-electron chi connectivity index (χ0n) is 12.0. The van der Waals surface area contributed by atoms with Crippen molar-refractivity contribution in [2.45, 2.75) is 64.5 Å². The fourth-order valence-corrected chi connectivity index (χ4v) is 2.69. The first-order valence-electron chi connectivity index (χ1n) is 7.09. The fourth-order valence-electron chi connectivity index (χ4n) is 2.69. The Kier molecular flexibility index (Phi) is 5.60. The number of rotatable bonds is 5. The summed E-state index contributed by atoms with van der Waals surface area (Å²) >= 11 is 0. The maximum atomic E-state index is 12.2. The molecule has 1 fully saturated rings. The van der Waals surface area contributed by atoms with Crippen molar-refractivity contribution in [3.8, 4) is 0 Å². The molecule has 0 aliphatic heterocycles. The molecule has 4 heteroatoms. The Morgan fingerprint density at radius 2 is 2.00 bits per heavy atom. The second-order valence-electron chi connectivity index (χ2n) is 6.13. The molecule has 106 valence electrons. The highest BCUT2D eigenvalue weighted by atomic mass is 16.3. The van der Waals surface area contributed by atoms with E-state index in [-0.39, 0.29) is 11.9 Å². The van der Waals surface area contributed by atoms with E-state index in [1.165, 1.54) is 12.8 Å². The third-order valence-electron chi connectivity index (χ3n) is 3.72. The number of carbonyl (C=O) groups is 1. The van der Waals surface area contributed by atoms with Gasteiger partial charge in [0.2, 0.25) is 5.91 Å². The largest absolute Gasteiger partial charge is 0.389 e. The van der Waals surface area contributed by atoms with E-state index in [0.717, 1.165) is 12.8 Å². The second kappa shape index (κ2) is 6.53. The van der Waals surface area contributed by atoms with Crippen molar-refractivity contribution in [3.63, 3.8) is 0 Å². The Bertz CT molecular complexity index is 273. The first kappa shape index (κ1) is 15.4. The van der Waals surface area contributed by atoms with E-state index in [2.05, 4.69) is 0 Å². The van der Waals surface area contributed by atoms with Gasteiger partial charge in [-0.1, -0.05) is 12.8 Å². The van der Waals surface area contributed by atoms with Gasteiger partial charge in [-0.3, -0.25) is 4.79 Å². The lowest BCUT2D eigenvalue weighted by atomic mass is 9.82. The molecule has 3 N–H and O–H groups in total. The average molecular weight is 256 g/mol. The minimum Gasteiger partial charge on any atom is -0.389 e. The van der Waals surface area contributed by atoms with Crippen molar-refractivity contribution >= 4 is 5.91 Å². The summed E-state index contributed by atoms with van der Waals surface area (Å²) in [6.45, 7) is 6.45. The van der Waals surface area contributed by atoms with Crippen LogP contribution in [0.1, 0.15) is 52.9 Å². The predicted molar refractivity (Wildman–Crippen MR) is 73.1 cm³/mol. The topological polar surface area (TPSA) is 66.6 Å². The molecule has 1 aliphatic carbocycles. The summed E-state index contributed by atoms with van der Waals surface area (Å²) in [5, 5.41) is 9.81. The SMILES string of the molecule is CCN(CC(C)(C)O)C(=O)CC1CCCCC1N. The van der Waals surface area contributed by atoms with E-state index in [1.54, 1.807) is 18.7 Å². The molecule has 0 saturated heterocycles. The van der Waals surface area contributed by atoms with Crippen LogP contribution in [0.2, 0.25) is 0 Å². The Hall–Kier alpha value is -0.610.